The Bertz CT molecular complexity index is 1610. The number of hydrogen-bond donors (Lipinski definition) is 1. The van der Waals surface area contributed by atoms with Crippen LogP contribution >= 0.6 is 27.5 Å². The highest BCUT2D eigenvalue weighted by Gasteiger charge is 2.77. The van der Waals surface area contributed by atoms with Crippen LogP contribution in [0.25, 0.3) is 0 Å². The minimum Gasteiger partial charge on any atom is -0.455 e. The van der Waals surface area contributed by atoms with E-state index in [-0.39, 0.29) is 48.7 Å². The van der Waals surface area contributed by atoms with Crippen LogP contribution in [0.2, 0.25) is 5.02 Å². The zero-order valence-electron chi connectivity index (χ0n) is 29.9. The Morgan fingerprint density at radius 2 is 1.79 bits per heavy atom. The first-order chi connectivity index (χ1) is 25.0. The Kier molecular flexibility index (Phi) is 13.4. The smallest absolute Gasteiger partial charge is 0.313 e. The average molecular weight is 799 g/mol. The summed E-state index contributed by atoms with van der Waals surface area (Å²) in [5, 5.41) is 9.82. The Morgan fingerprint density at radius 1 is 1.10 bits per heavy atom. The van der Waals surface area contributed by atoms with E-state index in [0.29, 0.717) is 42.0 Å². The second kappa shape index (κ2) is 17.5. The van der Waals surface area contributed by atoms with Gasteiger partial charge in [0.25, 0.3) is 5.91 Å². The van der Waals surface area contributed by atoms with Crippen molar-refractivity contribution in [3.05, 3.63) is 90.5 Å². The van der Waals surface area contributed by atoms with Gasteiger partial charge >= 0.3 is 5.97 Å². The van der Waals surface area contributed by atoms with Crippen molar-refractivity contribution in [2.75, 3.05) is 31.6 Å². The number of likely N-dealkylation sites (N-methyl/N-ethyl adjacent to an activating group) is 1. The molecule has 2 aromatic rings. The van der Waals surface area contributed by atoms with Gasteiger partial charge in [-0.1, -0.05) is 82.9 Å². The Hall–Kier alpha value is -3.51. The molecule has 2 bridgehead atoms. The number of amides is 3. The minimum absolute atomic E-state index is 0.0829. The molecule has 10 nitrogen and oxygen atoms in total. The second-order valence-electron chi connectivity index (χ2n) is 13.9. The number of rotatable bonds is 18. The van der Waals surface area contributed by atoms with Crippen molar-refractivity contribution >= 4 is 56.9 Å². The molecule has 280 valence electrons. The van der Waals surface area contributed by atoms with E-state index < -0.39 is 47.7 Å². The molecular weight excluding hydrogens is 750 g/mol. The van der Waals surface area contributed by atoms with E-state index in [1.54, 1.807) is 58.2 Å². The van der Waals surface area contributed by atoms with E-state index in [2.05, 4.69) is 29.1 Å². The number of unbranched alkanes of at least 4 members (excludes halogenated alkanes) is 3. The van der Waals surface area contributed by atoms with Crippen LogP contribution in [0, 0.1) is 11.8 Å². The van der Waals surface area contributed by atoms with Crippen LogP contribution in [0.4, 0.5) is 5.69 Å². The van der Waals surface area contributed by atoms with Crippen LogP contribution in [0.5, 0.6) is 0 Å². The number of esters is 1. The van der Waals surface area contributed by atoms with E-state index in [4.69, 9.17) is 21.1 Å². The Morgan fingerprint density at radius 3 is 2.44 bits per heavy atom. The fraction of sp³-hybridized carbons (Fsp3) is 0.500. The van der Waals surface area contributed by atoms with Crippen LogP contribution in [-0.2, 0) is 28.7 Å². The number of hydrogen-bond acceptors (Lipinski definition) is 7. The maximum absolute atomic E-state index is 14.8. The number of carbonyl (C=O) groups excluding carboxylic acids is 4. The van der Waals surface area contributed by atoms with E-state index >= 15 is 0 Å². The lowest BCUT2D eigenvalue weighted by Gasteiger charge is -2.37. The molecule has 2 aromatic carbocycles. The minimum atomic E-state index is -1.29. The second-order valence-corrected chi connectivity index (χ2v) is 15.5. The van der Waals surface area contributed by atoms with Crippen molar-refractivity contribution < 1.29 is 33.8 Å². The Balaban J connectivity index is 1.50. The lowest BCUT2D eigenvalue weighted by atomic mass is 9.70. The summed E-state index contributed by atoms with van der Waals surface area (Å²) in [7, 11) is 1.69. The summed E-state index contributed by atoms with van der Waals surface area (Å²) < 4.78 is 13.1. The monoisotopic (exact) mass is 797 g/mol. The molecule has 0 aromatic heterocycles. The molecule has 52 heavy (non-hydrogen) atoms. The van der Waals surface area contributed by atoms with E-state index in [1.165, 1.54) is 0 Å². The molecule has 1 spiro atoms. The van der Waals surface area contributed by atoms with Gasteiger partial charge in [-0.2, -0.15) is 0 Å². The maximum atomic E-state index is 14.8. The van der Waals surface area contributed by atoms with E-state index in [9.17, 15) is 24.3 Å². The number of anilines is 1. The van der Waals surface area contributed by atoms with E-state index in [1.807, 2.05) is 37.3 Å². The summed E-state index contributed by atoms with van der Waals surface area (Å²) in [6.07, 6.45) is 5.68. The molecular formula is C40H49BrClN3O7. The third-order valence-corrected chi connectivity index (χ3v) is 11.8. The third-order valence-electron chi connectivity index (χ3n) is 10.7. The van der Waals surface area contributed by atoms with Gasteiger partial charge in [-0.3, -0.25) is 19.2 Å². The summed E-state index contributed by atoms with van der Waals surface area (Å²) in [5.74, 6) is -3.33. The van der Waals surface area contributed by atoms with Crippen molar-refractivity contribution in [1.29, 1.82) is 0 Å². The average Bonchev–Trinajstić information content (AvgIpc) is 3.74. The van der Waals surface area contributed by atoms with E-state index in [0.717, 1.165) is 12.8 Å². The van der Waals surface area contributed by atoms with Crippen LogP contribution in [0.3, 0.4) is 0 Å². The predicted octanol–water partition coefficient (Wildman–Crippen LogP) is 6.26. The number of alkyl halides is 1. The molecule has 0 saturated carbocycles. The molecule has 3 amide bonds. The fourth-order valence-electron chi connectivity index (χ4n) is 8.01. The largest absolute Gasteiger partial charge is 0.455 e. The highest BCUT2D eigenvalue weighted by atomic mass is 79.9. The highest BCUT2D eigenvalue weighted by molar-refractivity contribution is 9.09. The van der Waals surface area contributed by atoms with Crippen LogP contribution in [-0.4, -0.2) is 94.0 Å². The number of carbonyl (C=O) groups is 4. The molecule has 0 aliphatic carbocycles. The quantitative estimate of drug-likeness (QED) is 0.0820. The van der Waals surface area contributed by atoms with Gasteiger partial charge in [-0.25, -0.2) is 0 Å². The van der Waals surface area contributed by atoms with Crippen molar-refractivity contribution in [2.45, 2.75) is 86.6 Å². The van der Waals surface area contributed by atoms with Gasteiger partial charge in [0.05, 0.1) is 24.0 Å². The number of halogens is 2. The standard InChI is InChI=1S/C40H49BrClN3O7/c1-5-7-17-31(47)43(4)26(3)34(27-15-11-10-12-16-27)51-39(50)32-33-37(48)45(23-13-8-9-14-24-46)36(40(33)25-30(41)35(32)52-40)38(49)44(22-6-2)29-20-18-28(42)19-21-29/h5-6,10-12,15-16,18-21,26,30,32-36,46H,1-2,7-9,13-14,17,22-25H2,3-4H3/t26-,30?,32+,33-,34+,35+,36+,40-/m0/s1. The first kappa shape index (κ1) is 39.7. The van der Waals surface area contributed by atoms with Gasteiger partial charge in [0.1, 0.15) is 17.7 Å². The Labute approximate surface area is 319 Å². The van der Waals surface area contributed by atoms with Crippen LogP contribution in [0.1, 0.15) is 63.5 Å². The summed E-state index contributed by atoms with van der Waals surface area (Å²) in [5.41, 5.74) is 0.00735. The van der Waals surface area contributed by atoms with Gasteiger partial charge in [-0.15, -0.1) is 13.2 Å². The van der Waals surface area contributed by atoms with Crippen molar-refractivity contribution in [3.8, 4) is 0 Å². The zero-order chi connectivity index (χ0) is 37.6. The number of aliphatic hydroxyl groups is 1. The van der Waals surface area contributed by atoms with Gasteiger partial charge in [0, 0.05) is 48.7 Å². The maximum Gasteiger partial charge on any atom is 0.313 e. The molecule has 8 atom stereocenters. The molecule has 1 N–H and O–H groups in total. The summed E-state index contributed by atoms with van der Waals surface area (Å²) >= 11 is 9.94. The summed E-state index contributed by atoms with van der Waals surface area (Å²) in [4.78, 5) is 61.6. The summed E-state index contributed by atoms with van der Waals surface area (Å²) in [6, 6.07) is 14.6. The number of aliphatic hydroxyl groups excluding tert-OH is 1. The molecule has 3 fully saturated rings. The van der Waals surface area contributed by atoms with Crippen molar-refractivity contribution in [2.24, 2.45) is 11.8 Å². The first-order valence-corrected chi connectivity index (χ1v) is 19.3. The molecule has 3 aliphatic heterocycles. The number of likely N-dealkylation sites (tertiary alicyclic amines) is 1. The van der Waals surface area contributed by atoms with Gasteiger partial charge in [0.15, 0.2) is 0 Å². The number of benzene rings is 2. The molecule has 3 aliphatic rings. The molecule has 3 heterocycles. The number of nitrogens with zero attached hydrogens (tertiary/aromatic N) is 3. The highest BCUT2D eigenvalue weighted by Crippen LogP contribution is 2.60. The van der Waals surface area contributed by atoms with Gasteiger partial charge < -0.3 is 29.3 Å². The van der Waals surface area contributed by atoms with Gasteiger partial charge in [0.2, 0.25) is 11.8 Å². The van der Waals surface area contributed by atoms with Crippen molar-refractivity contribution in [3.63, 3.8) is 0 Å². The zero-order valence-corrected chi connectivity index (χ0v) is 32.2. The predicted molar refractivity (Wildman–Crippen MR) is 204 cm³/mol. The molecule has 1 unspecified atom stereocenters. The van der Waals surface area contributed by atoms with Crippen LogP contribution in [0.15, 0.2) is 79.9 Å². The molecule has 5 rings (SSSR count). The number of ether oxygens (including phenoxy) is 2. The normalized spacial score (nSPS) is 25.7. The topological polar surface area (TPSA) is 117 Å². The number of allylic oxidation sites excluding steroid dienone is 1. The molecule has 0 radical (unpaired) electrons. The lowest BCUT2D eigenvalue weighted by Crippen LogP contribution is -2.57. The lowest BCUT2D eigenvalue weighted by molar-refractivity contribution is -0.164. The molecule has 12 heteroatoms. The first-order valence-electron chi connectivity index (χ1n) is 18.0. The van der Waals surface area contributed by atoms with Crippen molar-refractivity contribution in [1.82, 2.24) is 9.80 Å². The third kappa shape index (κ3) is 7.88. The molecule has 3 saturated heterocycles. The van der Waals surface area contributed by atoms with Crippen LogP contribution < -0.4 is 4.90 Å². The number of fused-ring (bicyclic) bond motifs is 1. The van der Waals surface area contributed by atoms with Gasteiger partial charge in [-0.05, 0) is 62.4 Å². The SMILES string of the molecule is C=CCCC(=O)N(C)[C@@H](C)[C@@H](OC(=O)[C@H]1[C@@H]2O[C@@]3(CC2Br)[C@@H]1C(=O)N(CCCCCCO)[C@@H]3C(=O)N(CC=C)c1ccc(Cl)cc1)c1ccccc1. The fourth-order valence-corrected chi connectivity index (χ4v) is 9.08. The summed E-state index contributed by atoms with van der Waals surface area (Å²) in [6.45, 7) is 9.98.